The molecule has 4 aromatic rings. The van der Waals surface area contributed by atoms with Crippen LogP contribution in [0.15, 0.2) is 54.9 Å². The number of hydrogen-bond donors (Lipinski definition) is 0. The van der Waals surface area contributed by atoms with E-state index in [0.717, 1.165) is 35.7 Å². The number of carbonyl (C=O) groups is 1. The molecule has 10 heteroatoms. The van der Waals surface area contributed by atoms with E-state index in [0.29, 0.717) is 22.8 Å². The minimum Gasteiger partial charge on any atom is -0.317 e. The Morgan fingerprint density at radius 3 is 2.54 bits per heavy atom. The Labute approximate surface area is 209 Å². The van der Waals surface area contributed by atoms with Gasteiger partial charge < -0.3 is 4.57 Å². The molecule has 0 unspecified atom stereocenters. The van der Waals surface area contributed by atoms with Crippen molar-refractivity contribution in [3.63, 3.8) is 0 Å². The first-order valence-electron chi connectivity index (χ1n) is 11.7. The molecule has 0 saturated heterocycles. The molecule has 37 heavy (non-hydrogen) atoms. The van der Waals surface area contributed by atoms with Crippen molar-refractivity contribution in [1.29, 1.82) is 5.26 Å². The Bertz CT molecular complexity index is 1610. The maximum atomic E-state index is 13.7. The number of carbonyl (C=O) groups excluding carboxylic acids is 1. The van der Waals surface area contributed by atoms with E-state index in [1.54, 1.807) is 42.2 Å². The summed E-state index contributed by atoms with van der Waals surface area (Å²) >= 11 is 0. The molecule has 1 amide bonds. The summed E-state index contributed by atoms with van der Waals surface area (Å²) in [4.78, 5) is 19.3. The molecular weight excluding hydrogens is 481 g/mol. The zero-order chi connectivity index (χ0) is 25.9. The van der Waals surface area contributed by atoms with Gasteiger partial charge in [0.2, 0.25) is 0 Å². The zero-order valence-corrected chi connectivity index (χ0v) is 19.6. The Morgan fingerprint density at radius 2 is 1.86 bits per heavy atom. The number of aryl methyl sites for hydroxylation is 1. The molecule has 184 valence electrons. The van der Waals surface area contributed by atoms with E-state index in [1.807, 2.05) is 6.07 Å². The number of hydrogen-bond acceptors (Lipinski definition) is 5. The molecule has 7 nitrogen and oxygen atoms in total. The Kier molecular flexibility index (Phi) is 5.12. The lowest BCUT2D eigenvalue weighted by molar-refractivity contribution is -0.138. The third-order valence-corrected chi connectivity index (χ3v) is 6.79. The van der Waals surface area contributed by atoms with Crippen molar-refractivity contribution in [1.82, 2.24) is 19.7 Å². The molecule has 2 aliphatic rings. The van der Waals surface area contributed by atoms with Crippen LogP contribution in [0.3, 0.4) is 0 Å². The van der Waals surface area contributed by atoms with Gasteiger partial charge >= 0.3 is 6.18 Å². The van der Waals surface area contributed by atoms with Crippen molar-refractivity contribution in [2.45, 2.75) is 31.5 Å². The summed E-state index contributed by atoms with van der Waals surface area (Å²) in [5, 5.41) is 17.6. The second kappa shape index (κ2) is 8.27. The molecule has 1 saturated carbocycles. The van der Waals surface area contributed by atoms with E-state index >= 15 is 0 Å². The molecule has 2 aromatic carbocycles. The van der Waals surface area contributed by atoms with E-state index < -0.39 is 17.6 Å². The summed E-state index contributed by atoms with van der Waals surface area (Å²) in [6, 6.07) is 14.7. The number of nitrogens with zero attached hydrogens (tertiary/aromatic N) is 6. The summed E-state index contributed by atoms with van der Waals surface area (Å²) in [5.41, 5.74) is 2.56. The van der Waals surface area contributed by atoms with E-state index in [1.165, 1.54) is 17.0 Å². The van der Waals surface area contributed by atoms with Gasteiger partial charge in [-0.15, -0.1) is 10.2 Å². The zero-order valence-electron chi connectivity index (χ0n) is 19.6. The number of fused-ring (bicyclic) bond motifs is 1. The topological polar surface area (TPSA) is 87.7 Å². The van der Waals surface area contributed by atoms with E-state index in [9.17, 15) is 23.2 Å². The van der Waals surface area contributed by atoms with Crippen LogP contribution in [0.1, 0.15) is 51.5 Å². The lowest BCUT2D eigenvalue weighted by Crippen LogP contribution is -2.24. The van der Waals surface area contributed by atoms with Gasteiger partial charge in [-0.05, 0) is 65.9 Å². The number of halogens is 3. The smallest absolute Gasteiger partial charge is 0.317 e. The van der Waals surface area contributed by atoms with Crippen molar-refractivity contribution in [2.24, 2.45) is 7.05 Å². The second-order valence-electron chi connectivity index (χ2n) is 9.27. The molecule has 0 atom stereocenters. The van der Waals surface area contributed by atoms with Crippen LogP contribution in [0, 0.1) is 11.3 Å². The Morgan fingerprint density at radius 1 is 1.05 bits per heavy atom. The number of aromatic nitrogens is 4. The molecule has 3 heterocycles. The maximum Gasteiger partial charge on any atom is 0.416 e. The largest absolute Gasteiger partial charge is 0.416 e. The van der Waals surface area contributed by atoms with Crippen LogP contribution in [-0.4, -0.2) is 25.7 Å². The van der Waals surface area contributed by atoms with Gasteiger partial charge in [0.05, 0.1) is 23.7 Å². The van der Waals surface area contributed by atoms with E-state index in [2.05, 4.69) is 16.3 Å². The lowest BCUT2D eigenvalue weighted by Gasteiger charge is -2.19. The average Bonchev–Trinajstić information content (AvgIpc) is 3.57. The number of anilines is 1. The van der Waals surface area contributed by atoms with Gasteiger partial charge in [0, 0.05) is 29.8 Å². The lowest BCUT2D eigenvalue weighted by atomic mass is 9.96. The van der Waals surface area contributed by atoms with Gasteiger partial charge in [-0.25, -0.2) is 4.98 Å². The van der Waals surface area contributed by atoms with Crippen LogP contribution in [0.2, 0.25) is 0 Å². The highest BCUT2D eigenvalue weighted by atomic mass is 19.4. The van der Waals surface area contributed by atoms with Crippen LogP contribution in [-0.2, 0) is 19.8 Å². The van der Waals surface area contributed by atoms with Crippen LogP contribution >= 0.6 is 0 Å². The highest BCUT2D eigenvalue weighted by Gasteiger charge is 2.40. The predicted octanol–water partition coefficient (Wildman–Crippen LogP) is 5.47. The minimum atomic E-state index is -4.57. The fraction of sp³-hybridized carbons (Fsp3) is 0.222. The summed E-state index contributed by atoms with van der Waals surface area (Å²) < 4.78 is 42.7. The summed E-state index contributed by atoms with van der Waals surface area (Å²) in [6.07, 6.45) is -1.11. The number of amides is 1. The number of benzene rings is 2. The summed E-state index contributed by atoms with van der Waals surface area (Å²) in [5.74, 6) is 0.557. The van der Waals surface area contributed by atoms with E-state index in [4.69, 9.17) is 4.98 Å². The molecule has 0 bridgehead atoms. The molecule has 6 rings (SSSR count). The summed E-state index contributed by atoms with van der Waals surface area (Å²) in [7, 11) is 1.80. The second-order valence-corrected chi connectivity index (χ2v) is 9.27. The summed E-state index contributed by atoms with van der Waals surface area (Å²) in [6.45, 7) is -0.214. The quantitative estimate of drug-likeness (QED) is 0.371. The first kappa shape index (κ1) is 22.9. The monoisotopic (exact) mass is 500 g/mol. The number of rotatable bonds is 4. The van der Waals surface area contributed by atoms with Crippen molar-refractivity contribution in [2.75, 3.05) is 4.90 Å². The molecule has 1 aliphatic carbocycles. The van der Waals surface area contributed by atoms with Crippen LogP contribution in [0.25, 0.3) is 22.5 Å². The third kappa shape index (κ3) is 3.93. The minimum absolute atomic E-state index is 0.0353. The SMILES string of the molecule is Cn1cnnc1-c1cc(C#N)ccc1-c1cc(C2CC2)nc(N2Cc3c(cccc3C(F)(F)F)C2=O)c1. The molecule has 2 aromatic heterocycles. The van der Waals surface area contributed by atoms with Gasteiger partial charge in [-0.3, -0.25) is 9.69 Å². The fourth-order valence-electron chi connectivity index (χ4n) is 4.78. The first-order chi connectivity index (χ1) is 17.7. The molecule has 1 fully saturated rings. The molecule has 1 aliphatic heterocycles. The van der Waals surface area contributed by atoms with Crippen molar-refractivity contribution in [3.05, 3.63) is 82.8 Å². The van der Waals surface area contributed by atoms with Crippen molar-refractivity contribution >= 4 is 11.7 Å². The molecule has 0 radical (unpaired) electrons. The van der Waals surface area contributed by atoms with Crippen LogP contribution < -0.4 is 4.90 Å². The van der Waals surface area contributed by atoms with Gasteiger partial charge in [0.25, 0.3) is 5.91 Å². The van der Waals surface area contributed by atoms with Gasteiger partial charge in [0.15, 0.2) is 5.82 Å². The normalized spacial score (nSPS) is 15.1. The maximum absolute atomic E-state index is 13.7. The van der Waals surface area contributed by atoms with Crippen LogP contribution in [0.5, 0.6) is 0 Å². The van der Waals surface area contributed by atoms with Gasteiger partial charge in [0.1, 0.15) is 12.1 Å². The number of pyridine rings is 1. The van der Waals surface area contributed by atoms with Crippen molar-refractivity contribution in [3.8, 4) is 28.6 Å². The number of nitriles is 1. The Balaban J connectivity index is 1.50. The predicted molar refractivity (Wildman–Crippen MR) is 128 cm³/mol. The number of alkyl halides is 3. The first-order valence-corrected chi connectivity index (χ1v) is 11.7. The molecule has 0 N–H and O–H groups in total. The van der Waals surface area contributed by atoms with Crippen molar-refractivity contribution < 1.29 is 18.0 Å². The third-order valence-electron chi connectivity index (χ3n) is 6.79. The average molecular weight is 500 g/mol. The molecule has 0 spiro atoms. The van der Waals surface area contributed by atoms with Gasteiger partial charge in [-0.1, -0.05) is 12.1 Å². The standard InChI is InChI=1S/C27H19F3N6O/c1-35-14-32-34-25(35)20-9-15(12-31)5-8-18(20)17-10-23(16-6-7-16)33-24(11-17)36-13-21-19(26(36)37)3-2-4-22(21)27(28,29)30/h2-5,8-11,14,16H,6-7,13H2,1H3. The van der Waals surface area contributed by atoms with Gasteiger partial charge in [-0.2, -0.15) is 18.4 Å². The highest BCUT2D eigenvalue weighted by Crippen LogP contribution is 2.44. The fourth-order valence-corrected chi connectivity index (χ4v) is 4.78. The molecular formula is C27H19F3N6O. The van der Waals surface area contributed by atoms with Crippen LogP contribution in [0.4, 0.5) is 19.0 Å². The van der Waals surface area contributed by atoms with E-state index in [-0.39, 0.29) is 23.6 Å². The highest BCUT2D eigenvalue weighted by molar-refractivity contribution is 6.10. The Hall–Kier alpha value is -4.52.